The summed E-state index contributed by atoms with van der Waals surface area (Å²) >= 11 is 0. The van der Waals surface area contributed by atoms with Gasteiger partial charge in [0.15, 0.2) is 12.1 Å². The second kappa shape index (κ2) is 13.6. The van der Waals surface area contributed by atoms with Crippen LogP contribution in [0.15, 0.2) is 55.1 Å². The molecular weight excluding hydrogens is 567 g/mol. The summed E-state index contributed by atoms with van der Waals surface area (Å²) in [6.07, 6.45) is -6.96. The molecule has 0 aliphatic rings. The number of anilines is 2. The molecular formula is C27H28F3N3O9. The van der Waals surface area contributed by atoms with Crippen molar-refractivity contribution in [3.63, 3.8) is 0 Å². The lowest BCUT2D eigenvalue weighted by Gasteiger charge is -2.25. The molecule has 0 radical (unpaired) electrons. The van der Waals surface area contributed by atoms with E-state index in [9.17, 15) is 47.4 Å². The van der Waals surface area contributed by atoms with Crippen molar-refractivity contribution in [2.24, 2.45) is 0 Å². The van der Waals surface area contributed by atoms with E-state index in [1.807, 2.05) is 5.32 Å². The highest BCUT2D eigenvalue weighted by atomic mass is 19.4. The number of alkyl carbamates (subject to hydrolysis) is 1. The first-order valence-corrected chi connectivity index (χ1v) is 12.0. The Labute approximate surface area is 237 Å². The van der Waals surface area contributed by atoms with Crippen molar-refractivity contribution < 1.29 is 56.8 Å². The Morgan fingerprint density at radius 1 is 0.929 bits per heavy atom. The number of hydrogen-bond donors (Lipinski definition) is 5. The Morgan fingerprint density at radius 3 is 1.98 bits per heavy atom. The molecule has 0 aliphatic carbocycles. The van der Waals surface area contributed by atoms with Crippen molar-refractivity contribution in [2.75, 3.05) is 10.6 Å². The van der Waals surface area contributed by atoms with Crippen LogP contribution >= 0.6 is 0 Å². The third-order valence-electron chi connectivity index (χ3n) is 5.09. The molecule has 42 heavy (non-hydrogen) atoms. The van der Waals surface area contributed by atoms with Crippen LogP contribution in [0.4, 0.5) is 29.3 Å². The lowest BCUT2D eigenvalue weighted by atomic mass is 10.1. The number of carbonyl (C=O) groups excluding carboxylic acids is 3. The zero-order valence-electron chi connectivity index (χ0n) is 22.6. The first-order chi connectivity index (χ1) is 19.4. The topological polar surface area (TPSA) is 180 Å². The first-order valence-electron chi connectivity index (χ1n) is 12.0. The van der Waals surface area contributed by atoms with Gasteiger partial charge in [-0.15, -0.1) is 0 Å². The number of carbonyl (C=O) groups is 5. The summed E-state index contributed by atoms with van der Waals surface area (Å²) in [5.41, 5.74) is -1.85. The maximum Gasteiger partial charge on any atom is 0.416 e. The molecule has 2 aromatic rings. The number of rotatable bonds is 11. The van der Waals surface area contributed by atoms with Crippen molar-refractivity contribution in [1.29, 1.82) is 0 Å². The Morgan fingerprint density at radius 2 is 1.50 bits per heavy atom. The van der Waals surface area contributed by atoms with Gasteiger partial charge >= 0.3 is 24.2 Å². The quantitative estimate of drug-likeness (QED) is 0.240. The van der Waals surface area contributed by atoms with Crippen molar-refractivity contribution in [1.82, 2.24) is 5.32 Å². The number of ether oxygens (including phenoxy) is 2. The van der Waals surface area contributed by atoms with Crippen LogP contribution in [0.25, 0.3) is 0 Å². The summed E-state index contributed by atoms with van der Waals surface area (Å²) < 4.78 is 48.8. The number of carboxylic acids is 2. The fraction of sp³-hybridized carbons (Fsp3) is 0.296. The van der Waals surface area contributed by atoms with E-state index in [1.54, 1.807) is 0 Å². The van der Waals surface area contributed by atoms with Crippen LogP contribution in [-0.2, 0) is 36.6 Å². The van der Waals surface area contributed by atoms with Crippen LogP contribution < -0.4 is 16.0 Å². The average molecular weight is 596 g/mol. The Balaban J connectivity index is 2.31. The molecule has 0 spiro atoms. The number of nitrogens with one attached hydrogen (secondary N) is 3. The SMILES string of the molecule is C=CC(=O)Nc1cc(CO[C@H](C(=O)O)[C@H](NC(=O)OC(C)(C)C)C(=O)O)cc(NC(=O)c2ccc(C(F)(F)F)cc2)c1. The molecule has 0 aliphatic heterocycles. The van der Waals surface area contributed by atoms with Gasteiger partial charge in [-0.3, -0.25) is 9.59 Å². The van der Waals surface area contributed by atoms with E-state index < -0.39 is 65.9 Å². The van der Waals surface area contributed by atoms with Crippen LogP contribution in [-0.4, -0.2) is 57.8 Å². The molecule has 2 aromatic carbocycles. The van der Waals surface area contributed by atoms with Crippen LogP contribution in [0.5, 0.6) is 0 Å². The molecule has 12 nitrogen and oxygen atoms in total. The van der Waals surface area contributed by atoms with Gasteiger partial charge in [-0.1, -0.05) is 6.58 Å². The van der Waals surface area contributed by atoms with E-state index in [0.717, 1.165) is 30.3 Å². The van der Waals surface area contributed by atoms with E-state index in [1.165, 1.54) is 39.0 Å². The molecule has 2 atom stereocenters. The van der Waals surface area contributed by atoms with E-state index in [2.05, 4.69) is 17.2 Å². The summed E-state index contributed by atoms with van der Waals surface area (Å²) in [5, 5.41) is 26.0. The van der Waals surface area contributed by atoms with Gasteiger partial charge < -0.3 is 35.6 Å². The second-order valence-electron chi connectivity index (χ2n) is 9.67. The number of amides is 3. The summed E-state index contributed by atoms with van der Waals surface area (Å²) in [4.78, 5) is 60.3. The second-order valence-corrected chi connectivity index (χ2v) is 9.67. The number of alkyl halides is 3. The minimum atomic E-state index is -4.60. The smallest absolute Gasteiger partial charge is 0.416 e. The molecule has 15 heteroatoms. The predicted molar refractivity (Wildman–Crippen MR) is 142 cm³/mol. The lowest BCUT2D eigenvalue weighted by molar-refractivity contribution is -0.161. The highest BCUT2D eigenvalue weighted by molar-refractivity contribution is 6.05. The molecule has 0 saturated heterocycles. The molecule has 0 heterocycles. The van der Waals surface area contributed by atoms with E-state index >= 15 is 0 Å². The lowest BCUT2D eigenvalue weighted by Crippen LogP contribution is -2.53. The third-order valence-corrected chi connectivity index (χ3v) is 5.09. The molecule has 0 bridgehead atoms. The van der Waals surface area contributed by atoms with Gasteiger partial charge in [-0.05, 0) is 74.9 Å². The van der Waals surface area contributed by atoms with Crippen molar-refractivity contribution >= 4 is 41.2 Å². The molecule has 0 unspecified atom stereocenters. The molecule has 226 valence electrons. The Kier molecular flexibility index (Phi) is 10.8. The van der Waals surface area contributed by atoms with Crippen LogP contribution in [0.3, 0.4) is 0 Å². The number of aliphatic carboxylic acids is 2. The Bertz CT molecular complexity index is 1350. The van der Waals surface area contributed by atoms with Crippen LogP contribution in [0.1, 0.15) is 42.3 Å². The van der Waals surface area contributed by atoms with E-state index in [-0.39, 0.29) is 22.5 Å². The number of benzene rings is 2. The van der Waals surface area contributed by atoms with Crippen LogP contribution in [0, 0.1) is 0 Å². The summed E-state index contributed by atoms with van der Waals surface area (Å²) in [5.74, 6) is -4.92. The van der Waals surface area contributed by atoms with Gasteiger partial charge in [-0.25, -0.2) is 14.4 Å². The van der Waals surface area contributed by atoms with Gasteiger partial charge in [-0.2, -0.15) is 13.2 Å². The average Bonchev–Trinajstić information content (AvgIpc) is 2.86. The summed E-state index contributed by atoms with van der Waals surface area (Å²) in [6.45, 7) is 7.28. The zero-order chi connectivity index (χ0) is 31.8. The highest BCUT2D eigenvalue weighted by Crippen LogP contribution is 2.29. The maximum absolute atomic E-state index is 12.8. The number of carboxylic acid groups (broad SMARTS) is 2. The minimum Gasteiger partial charge on any atom is -0.480 e. The fourth-order valence-electron chi connectivity index (χ4n) is 3.32. The van der Waals surface area contributed by atoms with Crippen molar-refractivity contribution in [3.05, 3.63) is 71.8 Å². The largest absolute Gasteiger partial charge is 0.480 e. The van der Waals surface area contributed by atoms with Crippen LogP contribution in [0.2, 0.25) is 0 Å². The molecule has 5 N–H and O–H groups in total. The first kappa shape index (κ1) is 33.3. The van der Waals surface area contributed by atoms with E-state index in [4.69, 9.17) is 9.47 Å². The highest BCUT2D eigenvalue weighted by Gasteiger charge is 2.37. The molecule has 0 saturated carbocycles. The number of halogens is 3. The molecule has 0 fully saturated rings. The molecule has 0 aromatic heterocycles. The summed E-state index contributed by atoms with van der Waals surface area (Å²) in [6, 6.07) is 5.23. The summed E-state index contributed by atoms with van der Waals surface area (Å²) in [7, 11) is 0. The standard InChI is InChI=1S/C27H28F3N3O9/c1-5-19(34)31-17-10-14(11-18(12-17)32-22(35)15-6-8-16(9-7-15)27(28,29)30)13-41-21(24(38)39)20(23(36)37)33-25(40)42-26(2,3)4/h5-12,20-21H,1,13H2,2-4H3,(H,31,34)(H,32,35)(H,33,40)(H,36,37)(H,38,39)/t20-,21-/m0/s1. The Hall–Kier alpha value is -4.92. The van der Waals surface area contributed by atoms with Gasteiger partial charge in [0.25, 0.3) is 5.91 Å². The molecule has 2 rings (SSSR count). The molecule has 3 amide bonds. The third kappa shape index (κ3) is 10.2. The maximum atomic E-state index is 12.8. The number of hydrogen-bond acceptors (Lipinski definition) is 7. The van der Waals surface area contributed by atoms with Crippen molar-refractivity contribution in [3.8, 4) is 0 Å². The van der Waals surface area contributed by atoms with Gasteiger partial charge in [0, 0.05) is 16.9 Å². The predicted octanol–water partition coefficient (Wildman–Crippen LogP) is 4.03. The van der Waals surface area contributed by atoms with Gasteiger partial charge in [0.05, 0.1) is 12.2 Å². The van der Waals surface area contributed by atoms with E-state index in [0.29, 0.717) is 0 Å². The van der Waals surface area contributed by atoms with Gasteiger partial charge in [0.1, 0.15) is 5.60 Å². The zero-order valence-corrected chi connectivity index (χ0v) is 22.6. The monoisotopic (exact) mass is 595 g/mol. The fourth-order valence-corrected chi connectivity index (χ4v) is 3.32. The van der Waals surface area contributed by atoms with Gasteiger partial charge in [0.2, 0.25) is 5.91 Å². The van der Waals surface area contributed by atoms with Crippen molar-refractivity contribution in [2.45, 2.75) is 51.3 Å². The minimum absolute atomic E-state index is 0.0221. The normalized spacial score (nSPS) is 12.8.